The van der Waals surface area contributed by atoms with Gasteiger partial charge in [0, 0.05) is 12.7 Å². The number of allylic oxidation sites excluding steroid dienone is 1. The van der Waals surface area contributed by atoms with Crippen molar-refractivity contribution < 1.29 is 8.42 Å². The lowest BCUT2D eigenvalue weighted by molar-refractivity contribution is 0.536. The Balaban J connectivity index is 2.17. The van der Waals surface area contributed by atoms with Crippen molar-refractivity contribution >= 4 is 27.2 Å². The number of hydrogen-bond acceptors (Lipinski definition) is 6. The molecular formula is C18H25N5O2S. The van der Waals surface area contributed by atoms with E-state index in [0.717, 1.165) is 18.5 Å². The molecule has 1 aliphatic heterocycles. The van der Waals surface area contributed by atoms with E-state index in [-0.39, 0.29) is 15.3 Å². The highest BCUT2D eigenvalue weighted by molar-refractivity contribution is 7.91. The molecule has 1 unspecified atom stereocenters. The second kappa shape index (κ2) is 6.77. The molecule has 7 nitrogen and oxygen atoms in total. The molecule has 2 aromatic rings. The highest BCUT2D eigenvalue weighted by Crippen LogP contribution is 2.40. The molecular weight excluding hydrogens is 350 g/mol. The molecule has 0 saturated heterocycles. The maximum Gasteiger partial charge on any atom is 0.213 e. The van der Waals surface area contributed by atoms with Crippen LogP contribution in [0.1, 0.15) is 26.7 Å². The zero-order valence-electron chi connectivity index (χ0n) is 15.3. The van der Waals surface area contributed by atoms with E-state index >= 15 is 0 Å². The number of hydrogen-bond donors (Lipinski definition) is 3. The van der Waals surface area contributed by atoms with Gasteiger partial charge in [-0.15, -0.1) is 5.10 Å². The lowest BCUT2D eigenvalue weighted by Gasteiger charge is -2.34. The summed E-state index contributed by atoms with van der Waals surface area (Å²) in [7, 11) is -2.06. The number of benzene rings is 1. The molecule has 0 spiro atoms. The Morgan fingerprint density at radius 2 is 2.00 bits per heavy atom. The number of rotatable bonds is 6. The van der Waals surface area contributed by atoms with Crippen LogP contribution in [0.15, 0.2) is 46.2 Å². The molecule has 1 atom stereocenters. The number of nitrogens with one attached hydrogen (secondary N) is 2. The summed E-state index contributed by atoms with van der Waals surface area (Å²) in [5.41, 5.74) is 6.16. The second-order valence-corrected chi connectivity index (χ2v) is 8.61. The topological polar surface area (TPSA) is 102 Å². The SMILES string of the molecule is CNc1nn2c(c1S(=O)(=O)c1ccccc1)NC(C)(CCCN)C=C2C. The highest BCUT2D eigenvalue weighted by Gasteiger charge is 2.36. The standard InChI is InChI=1S/C18H25N5O2S/c1-13-12-18(2,10-7-11-19)21-17-15(16(20-3)22-23(13)17)26(24,25)14-8-5-4-6-9-14/h4-6,8-9,12,21H,7,10-11,19H2,1-3H3,(H,20,22). The van der Waals surface area contributed by atoms with Gasteiger partial charge >= 0.3 is 0 Å². The van der Waals surface area contributed by atoms with Crippen molar-refractivity contribution in [1.82, 2.24) is 9.78 Å². The zero-order chi connectivity index (χ0) is 18.9. The Morgan fingerprint density at radius 1 is 1.31 bits per heavy atom. The summed E-state index contributed by atoms with van der Waals surface area (Å²) in [5.74, 6) is 0.810. The van der Waals surface area contributed by atoms with Gasteiger partial charge in [0.05, 0.1) is 10.4 Å². The summed E-state index contributed by atoms with van der Waals surface area (Å²) >= 11 is 0. The lowest BCUT2D eigenvalue weighted by atomic mass is 9.93. The summed E-state index contributed by atoms with van der Waals surface area (Å²) in [5, 5.41) is 10.8. The average molecular weight is 375 g/mol. The Kier molecular flexibility index (Phi) is 4.81. The molecule has 1 aliphatic rings. The number of fused-ring (bicyclic) bond motifs is 1. The molecule has 1 aromatic heterocycles. The summed E-state index contributed by atoms with van der Waals surface area (Å²) in [6.45, 7) is 4.55. The van der Waals surface area contributed by atoms with Crippen LogP contribution in [0.3, 0.4) is 0 Å². The second-order valence-electron chi connectivity index (χ2n) is 6.73. The smallest absolute Gasteiger partial charge is 0.213 e. The van der Waals surface area contributed by atoms with E-state index in [1.54, 1.807) is 42.1 Å². The zero-order valence-corrected chi connectivity index (χ0v) is 16.1. The molecule has 3 rings (SSSR count). The van der Waals surface area contributed by atoms with Crippen LogP contribution in [0.25, 0.3) is 5.70 Å². The first-order valence-electron chi connectivity index (χ1n) is 8.61. The molecule has 0 bridgehead atoms. The Labute approximate surface area is 154 Å². The van der Waals surface area contributed by atoms with Crippen molar-refractivity contribution in [3.63, 3.8) is 0 Å². The number of nitrogens with zero attached hydrogens (tertiary/aromatic N) is 2. The van der Waals surface area contributed by atoms with Gasteiger partial charge in [-0.2, -0.15) is 0 Å². The molecule has 0 amide bonds. The van der Waals surface area contributed by atoms with Crippen molar-refractivity contribution in [2.75, 3.05) is 24.2 Å². The molecule has 2 heterocycles. The first-order chi connectivity index (χ1) is 12.3. The molecule has 8 heteroatoms. The highest BCUT2D eigenvalue weighted by atomic mass is 32.2. The molecule has 0 fully saturated rings. The largest absolute Gasteiger partial charge is 0.370 e. The average Bonchev–Trinajstić information content (AvgIpc) is 3.00. The van der Waals surface area contributed by atoms with Gasteiger partial charge in [-0.05, 0) is 51.4 Å². The Bertz CT molecular complexity index is 934. The van der Waals surface area contributed by atoms with Gasteiger partial charge < -0.3 is 16.4 Å². The summed E-state index contributed by atoms with van der Waals surface area (Å²) in [4.78, 5) is 0.405. The number of aromatic nitrogens is 2. The van der Waals surface area contributed by atoms with Crippen LogP contribution < -0.4 is 16.4 Å². The molecule has 0 aliphatic carbocycles. The van der Waals surface area contributed by atoms with Crippen LogP contribution in [0.5, 0.6) is 0 Å². The van der Waals surface area contributed by atoms with Gasteiger partial charge in [0.1, 0.15) is 0 Å². The third kappa shape index (κ3) is 3.10. The maximum absolute atomic E-state index is 13.3. The predicted molar refractivity (Wildman–Crippen MR) is 104 cm³/mol. The summed E-state index contributed by atoms with van der Waals surface area (Å²) < 4.78 is 28.3. The van der Waals surface area contributed by atoms with E-state index in [1.807, 2.05) is 13.8 Å². The quantitative estimate of drug-likeness (QED) is 0.717. The van der Waals surface area contributed by atoms with Crippen LogP contribution in [0.2, 0.25) is 0 Å². The maximum atomic E-state index is 13.3. The van der Waals surface area contributed by atoms with Gasteiger partial charge in [0.25, 0.3) is 0 Å². The fourth-order valence-electron chi connectivity index (χ4n) is 3.34. The molecule has 0 radical (unpaired) electrons. The first-order valence-corrected chi connectivity index (χ1v) is 10.1. The number of sulfone groups is 1. The minimum absolute atomic E-state index is 0.164. The minimum atomic E-state index is -3.73. The van der Waals surface area contributed by atoms with Crippen molar-refractivity contribution in [2.45, 2.75) is 42.0 Å². The van der Waals surface area contributed by atoms with E-state index in [4.69, 9.17) is 5.73 Å². The summed E-state index contributed by atoms with van der Waals surface area (Å²) in [6.07, 6.45) is 3.70. The van der Waals surface area contributed by atoms with Crippen LogP contribution in [-0.4, -0.2) is 37.3 Å². The van der Waals surface area contributed by atoms with Gasteiger partial charge in [-0.3, -0.25) is 0 Å². The lowest BCUT2D eigenvalue weighted by Crippen LogP contribution is -2.38. The molecule has 0 saturated carbocycles. The predicted octanol–water partition coefficient (Wildman–Crippen LogP) is 2.54. The normalized spacial score (nSPS) is 19.5. The van der Waals surface area contributed by atoms with Crippen molar-refractivity contribution in [2.24, 2.45) is 5.73 Å². The van der Waals surface area contributed by atoms with Crippen LogP contribution >= 0.6 is 0 Å². The van der Waals surface area contributed by atoms with Crippen LogP contribution in [-0.2, 0) is 9.84 Å². The molecule has 4 N–H and O–H groups in total. The fourth-order valence-corrected chi connectivity index (χ4v) is 4.88. The van der Waals surface area contributed by atoms with Crippen molar-refractivity contribution in [3.05, 3.63) is 36.4 Å². The summed E-state index contributed by atoms with van der Waals surface area (Å²) in [6, 6.07) is 8.41. The minimum Gasteiger partial charge on any atom is -0.370 e. The molecule has 26 heavy (non-hydrogen) atoms. The third-order valence-corrected chi connectivity index (χ3v) is 6.38. The Morgan fingerprint density at radius 3 is 2.62 bits per heavy atom. The van der Waals surface area contributed by atoms with E-state index in [1.165, 1.54) is 0 Å². The van der Waals surface area contributed by atoms with Crippen LogP contribution in [0, 0.1) is 0 Å². The van der Waals surface area contributed by atoms with Crippen LogP contribution in [0.4, 0.5) is 11.6 Å². The van der Waals surface area contributed by atoms with Gasteiger partial charge in [-0.1, -0.05) is 18.2 Å². The van der Waals surface area contributed by atoms with E-state index < -0.39 is 9.84 Å². The molecule has 140 valence electrons. The van der Waals surface area contributed by atoms with Gasteiger partial charge in [0.15, 0.2) is 16.5 Å². The first kappa shape index (κ1) is 18.5. The van der Waals surface area contributed by atoms with Gasteiger partial charge in [-0.25, -0.2) is 13.1 Å². The van der Waals surface area contributed by atoms with Gasteiger partial charge in [0.2, 0.25) is 9.84 Å². The van der Waals surface area contributed by atoms with Crippen molar-refractivity contribution in [1.29, 1.82) is 0 Å². The van der Waals surface area contributed by atoms with E-state index in [9.17, 15) is 8.42 Å². The number of nitrogens with two attached hydrogens (primary N) is 1. The monoisotopic (exact) mass is 375 g/mol. The molecule has 1 aromatic carbocycles. The van der Waals surface area contributed by atoms with E-state index in [2.05, 4.69) is 21.8 Å². The third-order valence-electron chi connectivity index (χ3n) is 4.57. The Hall–Kier alpha value is -2.32. The number of anilines is 2. The van der Waals surface area contributed by atoms with Crippen molar-refractivity contribution in [3.8, 4) is 0 Å². The van der Waals surface area contributed by atoms with E-state index in [0.29, 0.717) is 18.2 Å². The fraction of sp³-hybridized carbons (Fsp3) is 0.389.